The molecule has 1 N–H and O–H groups in total. The number of ether oxygens (including phenoxy) is 2. The Kier molecular flexibility index (Phi) is 8.04. The number of aliphatic hydroxyl groups is 1. The van der Waals surface area contributed by atoms with Gasteiger partial charge < -0.3 is 24.4 Å². The van der Waals surface area contributed by atoms with Crippen molar-refractivity contribution in [2.75, 3.05) is 26.3 Å². The minimum atomic E-state index is -1.06. The molecule has 8 nitrogen and oxygen atoms in total. The van der Waals surface area contributed by atoms with Crippen LogP contribution >= 0.6 is 15.9 Å². The average molecular weight is 515 g/mol. The molecule has 2 bridgehead atoms. The topological polar surface area (TPSA) is 96.4 Å². The number of fused-ring (bicyclic) bond motifs is 1. The maximum Gasteiger partial charge on any atom is 0.312 e. The number of carbonyl (C=O) groups is 3. The summed E-state index contributed by atoms with van der Waals surface area (Å²) < 4.78 is 11.7. The number of unbranched alkanes of at least 4 members (excludes halogenated alkanes) is 2. The third-order valence-electron chi connectivity index (χ3n) is 6.87. The molecule has 3 aliphatic heterocycles. The Morgan fingerprint density at radius 1 is 1.41 bits per heavy atom. The van der Waals surface area contributed by atoms with E-state index in [2.05, 4.69) is 22.5 Å². The van der Waals surface area contributed by atoms with Gasteiger partial charge in [0.05, 0.1) is 24.5 Å². The summed E-state index contributed by atoms with van der Waals surface area (Å²) in [5.74, 6) is -2.30. The lowest BCUT2D eigenvalue weighted by Crippen LogP contribution is -2.58. The van der Waals surface area contributed by atoms with Crippen LogP contribution in [0.3, 0.4) is 0 Å². The first-order chi connectivity index (χ1) is 15.2. The molecule has 3 rings (SSSR count). The van der Waals surface area contributed by atoms with Gasteiger partial charge in [0, 0.05) is 30.6 Å². The first kappa shape index (κ1) is 25.2. The van der Waals surface area contributed by atoms with Crippen LogP contribution in [0.5, 0.6) is 0 Å². The normalized spacial score (nSPS) is 33.0. The largest absolute Gasteiger partial charge is 0.466 e. The molecule has 0 aromatic heterocycles. The van der Waals surface area contributed by atoms with Gasteiger partial charge in [0.1, 0.15) is 11.6 Å². The van der Waals surface area contributed by atoms with Crippen LogP contribution in [0.15, 0.2) is 12.7 Å². The Morgan fingerprint density at radius 2 is 2.12 bits per heavy atom. The van der Waals surface area contributed by atoms with Crippen LogP contribution in [0.25, 0.3) is 0 Å². The fraction of sp³-hybridized carbons (Fsp3) is 0.783. The highest BCUT2D eigenvalue weighted by Gasteiger charge is 2.77. The molecule has 1 spiro atoms. The van der Waals surface area contributed by atoms with Crippen molar-refractivity contribution in [2.24, 2.45) is 11.8 Å². The van der Waals surface area contributed by atoms with Crippen LogP contribution in [-0.2, 0) is 23.9 Å². The lowest BCUT2D eigenvalue weighted by Gasteiger charge is -2.38. The van der Waals surface area contributed by atoms with Gasteiger partial charge in [-0.05, 0) is 46.5 Å². The SMILES string of the molecule is C=CCN(C(=O)[C@@H]1N(CCCCCO)C(=O)[C@H]2[C@H](C(=O)OCC)[C@H]3O[C@@]12CC3Br)C(C)C. The number of carbonyl (C=O) groups excluding carboxylic acids is 3. The maximum atomic E-state index is 13.9. The number of amides is 2. The Morgan fingerprint density at radius 3 is 2.72 bits per heavy atom. The standard InChI is InChI=1S/C23H35BrN2O6/c1-5-10-25(14(3)4)21(29)19-23-13-15(24)18(32-23)16(22(30)31-6-2)17(23)20(28)26(19)11-8-7-9-12-27/h5,14-19,27H,1,6-13H2,2-4H3/t15?,16-,17+,18-,19-,23+/m0/s1. The van der Waals surface area contributed by atoms with E-state index in [-0.39, 0.29) is 35.9 Å². The van der Waals surface area contributed by atoms with Crippen LogP contribution in [0.4, 0.5) is 0 Å². The summed E-state index contributed by atoms with van der Waals surface area (Å²) in [6, 6.07) is -0.887. The van der Waals surface area contributed by atoms with Gasteiger partial charge in [0.15, 0.2) is 0 Å². The molecule has 0 aromatic carbocycles. The third-order valence-corrected chi connectivity index (χ3v) is 7.72. The van der Waals surface area contributed by atoms with Crippen molar-refractivity contribution in [3.8, 4) is 0 Å². The van der Waals surface area contributed by atoms with Gasteiger partial charge in [-0.1, -0.05) is 22.0 Å². The average Bonchev–Trinajstić information content (AvgIpc) is 3.32. The van der Waals surface area contributed by atoms with Gasteiger partial charge in [-0.15, -0.1) is 6.58 Å². The van der Waals surface area contributed by atoms with E-state index in [1.165, 1.54) is 0 Å². The van der Waals surface area contributed by atoms with Crippen LogP contribution in [0.2, 0.25) is 0 Å². The van der Waals surface area contributed by atoms with E-state index in [0.29, 0.717) is 32.4 Å². The van der Waals surface area contributed by atoms with Gasteiger partial charge in [0.25, 0.3) is 0 Å². The number of hydrogen-bond acceptors (Lipinski definition) is 6. The number of aliphatic hydroxyl groups excluding tert-OH is 1. The molecule has 3 saturated heterocycles. The predicted molar refractivity (Wildman–Crippen MR) is 122 cm³/mol. The quantitative estimate of drug-likeness (QED) is 0.196. The second kappa shape index (κ2) is 10.2. The molecule has 0 radical (unpaired) electrons. The predicted octanol–water partition coefficient (Wildman–Crippen LogP) is 1.88. The second-order valence-electron chi connectivity index (χ2n) is 9.10. The fourth-order valence-corrected chi connectivity index (χ4v) is 6.52. The molecule has 180 valence electrons. The summed E-state index contributed by atoms with van der Waals surface area (Å²) in [6.07, 6.45) is 3.70. The second-order valence-corrected chi connectivity index (χ2v) is 10.3. The number of rotatable bonds is 11. The molecule has 9 heteroatoms. The van der Waals surface area contributed by atoms with Gasteiger partial charge in [-0.2, -0.15) is 0 Å². The van der Waals surface area contributed by atoms with Crippen LogP contribution in [0, 0.1) is 11.8 Å². The zero-order valence-corrected chi connectivity index (χ0v) is 20.8. The van der Waals surface area contributed by atoms with E-state index >= 15 is 0 Å². The molecule has 3 aliphatic rings. The highest BCUT2D eigenvalue weighted by molar-refractivity contribution is 9.09. The lowest BCUT2D eigenvalue weighted by atomic mass is 9.70. The first-order valence-electron chi connectivity index (χ1n) is 11.6. The highest BCUT2D eigenvalue weighted by atomic mass is 79.9. The molecular weight excluding hydrogens is 480 g/mol. The van der Waals surface area contributed by atoms with E-state index in [1.807, 2.05) is 13.8 Å². The van der Waals surface area contributed by atoms with E-state index < -0.39 is 35.6 Å². The zero-order chi connectivity index (χ0) is 23.6. The minimum absolute atomic E-state index is 0.0819. The number of halogens is 1. The van der Waals surface area contributed by atoms with Crippen molar-refractivity contribution in [3.63, 3.8) is 0 Å². The highest BCUT2D eigenvalue weighted by Crippen LogP contribution is 2.60. The van der Waals surface area contributed by atoms with Crippen molar-refractivity contribution < 1.29 is 29.0 Å². The molecule has 3 heterocycles. The summed E-state index contributed by atoms with van der Waals surface area (Å²) in [5, 5.41) is 9.11. The Bertz CT molecular complexity index is 746. The van der Waals surface area contributed by atoms with Crippen molar-refractivity contribution in [1.82, 2.24) is 9.80 Å². The maximum absolute atomic E-state index is 13.9. The number of esters is 1. The third kappa shape index (κ3) is 4.12. The Hall–Kier alpha value is -1.45. The van der Waals surface area contributed by atoms with Crippen molar-refractivity contribution in [2.45, 2.75) is 75.1 Å². The summed E-state index contributed by atoms with van der Waals surface area (Å²) in [5.41, 5.74) is -1.06. The molecule has 0 aromatic rings. The minimum Gasteiger partial charge on any atom is -0.466 e. The number of nitrogens with zero attached hydrogens (tertiary/aromatic N) is 2. The van der Waals surface area contributed by atoms with E-state index in [9.17, 15) is 14.4 Å². The number of likely N-dealkylation sites (tertiary alicyclic amines) is 1. The van der Waals surface area contributed by atoms with Crippen LogP contribution in [0.1, 0.15) is 46.5 Å². The van der Waals surface area contributed by atoms with Crippen LogP contribution < -0.4 is 0 Å². The van der Waals surface area contributed by atoms with E-state index in [0.717, 1.165) is 6.42 Å². The molecule has 0 saturated carbocycles. The van der Waals surface area contributed by atoms with E-state index in [1.54, 1.807) is 22.8 Å². The molecular formula is C23H35BrN2O6. The van der Waals surface area contributed by atoms with E-state index in [4.69, 9.17) is 14.6 Å². The Labute approximate surface area is 198 Å². The van der Waals surface area contributed by atoms with Crippen molar-refractivity contribution >= 4 is 33.7 Å². The number of hydrogen-bond donors (Lipinski definition) is 1. The van der Waals surface area contributed by atoms with Crippen molar-refractivity contribution in [3.05, 3.63) is 12.7 Å². The summed E-state index contributed by atoms with van der Waals surface area (Å²) in [6.45, 7) is 10.4. The number of alkyl halides is 1. The zero-order valence-electron chi connectivity index (χ0n) is 19.2. The lowest BCUT2D eigenvalue weighted by molar-refractivity contribution is -0.155. The van der Waals surface area contributed by atoms with Crippen molar-refractivity contribution in [1.29, 1.82) is 0 Å². The van der Waals surface area contributed by atoms with Gasteiger partial charge in [-0.3, -0.25) is 14.4 Å². The summed E-state index contributed by atoms with van der Waals surface area (Å²) >= 11 is 3.64. The molecule has 32 heavy (non-hydrogen) atoms. The molecule has 1 unspecified atom stereocenters. The van der Waals surface area contributed by atoms with Gasteiger partial charge in [0.2, 0.25) is 11.8 Å². The monoisotopic (exact) mass is 514 g/mol. The summed E-state index contributed by atoms with van der Waals surface area (Å²) in [4.78, 5) is 43.6. The van der Waals surface area contributed by atoms with Gasteiger partial charge in [-0.25, -0.2) is 0 Å². The molecule has 0 aliphatic carbocycles. The fourth-order valence-electron chi connectivity index (χ4n) is 5.58. The molecule has 2 amide bonds. The Balaban J connectivity index is 2.01. The smallest absolute Gasteiger partial charge is 0.312 e. The summed E-state index contributed by atoms with van der Waals surface area (Å²) in [7, 11) is 0. The first-order valence-corrected chi connectivity index (χ1v) is 12.5. The van der Waals surface area contributed by atoms with Crippen LogP contribution in [-0.4, -0.2) is 87.6 Å². The molecule has 3 fully saturated rings. The van der Waals surface area contributed by atoms with Gasteiger partial charge >= 0.3 is 5.97 Å². The molecule has 6 atom stereocenters.